The molecule has 0 unspecified atom stereocenters. The standard InChI is InChI=1S/C13H11ClN4O/c14-11-4-3-8(6-16-11)9-7-17-13(15)18-12(9)10-2-1-5-19-10/h2-4,6-7H,1,5H2,(H2,15,17,18). The van der Waals surface area contributed by atoms with E-state index in [1.54, 1.807) is 18.5 Å². The maximum atomic E-state index is 5.79. The highest BCUT2D eigenvalue weighted by Gasteiger charge is 2.17. The molecule has 0 radical (unpaired) electrons. The molecule has 1 aliphatic heterocycles. The Kier molecular flexibility index (Phi) is 3.05. The van der Waals surface area contributed by atoms with Gasteiger partial charge in [0.2, 0.25) is 5.95 Å². The van der Waals surface area contributed by atoms with Crippen molar-refractivity contribution in [3.05, 3.63) is 41.4 Å². The lowest BCUT2D eigenvalue weighted by Crippen LogP contribution is -2.02. The Labute approximate surface area is 115 Å². The molecule has 2 aromatic rings. The molecule has 2 N–H and O–H groups in total. The molecule has 0 atom stereocenters. The van der Waals surface area contributed by atoms with Gasteiger partial charge in [0.1, 0.15) is 16.6 Å². The number of anilines is 1. The quantitative estimate of drug-likeness (QED) is 0.852. The minimum Gasteiger partial charge on any atom is -0.491 e. The number of nitrogen functional groups attached to an aromatic ring is 1. The predicted molar refractivity (Wildman–Crippen MR) is 73.2 cm³/mol. The molecule has 3 heterocycles. The second kappa shape index (κ2) is 4.85. The van der Waals surface area contributed by atoms with Gasteiger partial charge in [-0.3, -0.25) is 0 Å². The number of hydrogen-bond acceptors (Lipinski definition) is 5. The highest BCUT2D eigenvalue weighted by atomic mass is 35.5. The van der Waals surface area contributed by atoms with E-state index in [9.17, 15) is 0 Å². The zero-order chi connectivity index (χ0) is 13.2. The van der Waals surface area contributed by atoms with Crippen LogP contribution < -0.4 is 5.73 Å². The fourth-order valence-corrected chi connectivity index (χ4v) is 2.02. The second-order valence-corrected chi connectivity index (χ2v) is 4.45. The van der Waals surface area contributed by atoms with Gasteiger partial charge in [-0.25, -0.2) is 15.0 Å². The third-order valence-electron chi connectivity index (χ3n) is 2.78. The first-order valence-electron chi connectivity index (χ1n) is 5.82. The summed E-state index contributed by atoms with van der Waals surface area (Å²) in [5.41, 5.74) is 8.04. The highest BCUT2D eigenvalue weighted by molar-refractivity contribution is 6.29. The molecule has 96 valence electrons. The molecular weight excluding hydrogens is 264 g/mol. The van der Waals surface area contributed by atoms with E-state index in [0.29, 0.717) is 17.5 Å². The molecule has 5 nitrogen and oxygen atoms in total. The van der Waals surface area contributed by atoms with Crippen LogP contribution in [0.2, 0.25) is 5.15 Å². The number of halogens is 1. The first kappa shape index (κ1) is 11.9. The van der Waals surface area contributed by atoms with Crippen LogP contribution in [0.3, 0.4) is 0 Å². The predicted octanol–water partition coefficient (Wildman–Crippen LogP) is 2.54. The first-order valence-corrected chi connectivity index (χ1v) is 6.19. The number of nitrogens with zero attached hydrogens (tertiary/aromatic N) is 3. The summed E-state index contributed by atoms with van der Waals surface area (Å²) in [4.78, 5) is 12.4. The number of hydrogen-bond donors (Lipinski definition) is 1. The molecule has 6 heteroatoms. The summed E-state index contributed by atoms with van der Waals surface area (Å²) >= 11 is 5.79. The number of aromatic nitrogens is 3. The van der Waals surface area contributed by atoms with E-state index in [1.165, 1.54) is 0 Å². The number of nitrogens with two attached hydrogens (primary N) is 1. The lowest BCUT2D eigenvalue weighted by molar-refractivity contribution is 0.306. The van der Waals surface area contributed by atoms with Gasteiger partial charge in [-0.15, -0.1) is 0 Å². The molecule has 19 heavy (non-hydrogen) atoms. The topological polar surface area (TPSA) is 73.9 Å². The normalized spacial score (nSPS) is 14.1. The van der Waals surface area contributed by atoms with Crippen LogP contribution in [0.25, 0.3) is 16.9 Å². The van der Waals surface area contributed by atoms with Crippen LogP contribution in [0.15, 0.2) is 30.6 Å². The van der Waals surface area contributed by atoms with Gasteiger partial charge in [0.25, 0.3) is 0 Å². The summed E-state index contributed by atoms with van der Waals surface area (Å²) in [6, 6.07) is 3.59. The third kappa shape index (κ3) is 2.37. The van der Waals surface area contributed by atoms with Crippen LogP contribution in [0.4, 0.5) is 5.95 Å². The van der Waals surface area contributed by atoms with E-state index in [0.717, 1.165) is 23.3 Å². The largest absolute Gasteiger partial charge is 0.491 e. The summed E-state index contributed by atoms with van der Waals surface area (Å²) in [5.74, 6) is 0.955. The van der Waals surface area contributed by atoms with Crippen LogP contribution in [0.1, 0.15) is 12.1 Å². The summed E-state index contributed by atoms with van der Waals surface area (Å²) < 4.78 is 5.55. The van der Waals surface area contributed by atoms with Gasteiger partial charge >= 0.3 is 0 Å². The molecular formula is C13H11ClN4O. The van der Waals surface area contributed by atoms with Gasteiger partial charge in [-0.2, -0.15) is 0 Å². The maximum Gasteiger partial charge on any atom is 0.220 e. The molecule has 0 aromatic carbocycles. The Balaban J connectivity index is 2.12. The Bertz CT molecular complexity index is 640. The van der Waals surface area contributed by atoms with Crippen molar-refractivity contribution in [2.45, 2.75) is 6.42 Å². The van der Waals surface area contributed by atoms with Crippen molar-refractivity contribution >= 4 is 23.3 Å². The van der Waals surface area contributed by atoms with E-state index in [2.05, 4.69) is 15.0 Å². The third-order valence-corrected chi connectivity index (χ3v) is 3.01. The average molecular weight is 275 g/mol. The molecule has 0 amide bonds. The molecule has 3 rings (SSSR count). The van der Waals surface area contributed by atoms with Crippen molar-refractivity contribution in [2.75, 3.05) is 12.3 Å². The van der Waals surface area contributed by atoms with Crippen molar-refractivity contribution in [3.8, 4) is 11.1 Å². The lowest BCUT2D eigenvalue weighted by Gasteiger charge is -2.10. The zero-order valence-corrected chi connectivity index (χ0v) is 10.8. The SMILES string of the molecule is Nc1ncc(-c2ccc(Cl)nc2)c(C2=CCCO2)n1. The van der Waals surface area contributed by atoms with Gasteiger partial charge < -0.3 is 10.5 Å². The number of rotatable bonds is 2. The van der Waals surface area contributed by atoms with Crippen LogP contribution in [0.5, 0.6) is 0 Å². The minimum atomic E-state index is 0.220. The molecule has 0 bridgehead atoms. The van der Waals surface area contributed by atoms with Gasteiger partial charge in [0, 0.05) is 29.9 Å². The maximum absolute atomic E-state index is 5.79. The van der Waals surface area contributed by atoms with E-state index in [-0.39, 0.29) is 5.95 Å². The molecule has 0 fully saturated rings. The fourth-order valence-electron chi connectivity index (χ4n) is 1.91. The van der Waals surface area contributed by atoms with Gasteiger partial charge in [0.05, 0.1) is 6.61 Å². The molecule has 0 saturated carbocycles. The van der Waals surface area contributed by atoms with Crippen LogP contribution in [-0.4, -0.2) is 21.6 Å². The van der Waals surface area contributed by atoms with E-state index < -0.39 is 0 Å². The molecule has 0 spiro atoms. The average Bonchev–Trinajstić information content (AvgIpc) is 2.94. The van der Waals surface area contributed by atoms with Crippen LogP contribution in [0, 0.1) is 0 Å². The van der Waals surface area contributed by atoms with Gasteiger partial charge in [-0.1, -0.05) is 11.6 Å². The zero-order valence-electron chi connectivity index (χ0n) is 10.0. The van der Waals surface area contributed by atoms with Crippen molar-refractivity contribution in [1.82, 2.24) is 15.0 Å². The van der Waals surface area contributed by atoms with Gasteiger partial charge in [-0.05, 0) is 18.2 Å². The number of ether oxygens (including phenoxy) is 1. The van der Waals surface area contributed by atoms with Crippen LogP contribution in [-0.2, 0) is 4.74 Å². The summed E-state index contributed by atoms with van der Waals surface area (Å²) in [7, 11) is 0. The summed E-state index contributed by atoms with van der Waals surface area (Å²) in [6.07, 6.45) is 6.22. The highest BCUT2D eigenvalue weighted by Crippen LogP contribution is 2.30. The van der Waals surface area contributed by atoms with Crippen LogP contribution >= 0.6 is 11.6 Å². The molecule has 0 aliphatic carbocycles. The summed E-state index contributed by atoms with van der Waals surface area (Å²) in [6.45, 7) is 0.664. The Hall–Kier alpha value is -2.14. The summed E-state index contributed by atoms with van der Waals surface area (Å²) in [5, 5.41) is 0.443. The fraction of sp³-hybridized carbons (Fsp3) is 0.154. The van der Waals surface area contributed by atoms with E-state index in [1.807, 2.05) is 12.1 Å². The Morgan fingerprint density at radius 2 is 2.11 bits per heavy atom. The van der Waals surface area contributed by atoms with E-state index in [4.69, 9.17) is 22.1 Å². The van der Waals surface area contributed by atoms with Crippen molar-refractivity contribution < 1.29 is 4.74 Å². The minimum absolute atomic E-state index is 0.220. The smallest absolute Gasteiger partial charge is 0.220 e. The van der Waals surface area contributed by atoms with Gasteiger partial charge in [0.15, 0.2) is 0 Å². The molecule has 1 aliphatic rings. The number of pyridine rings is 1. The Morgan fingerprint density at radius 1 is 1.21 bits per heavy atom. The lowest BCUT2D eigenvalue weighted by atomic mass is 10.1. The van der Waals surface area contributed by atoms with Crippen molar-refractivity contribution in [3.63, 3.8) is 0 Å². The Morgan fingerprint density at radius 3 is 2.79 bits per heavy atom. The van der Waals surface area contributed by atoms with E-state index >= 15 is 0 Å². The molecule has 2 aromatic heterocycles. The second-order valence-electron chi connectivity index (χ2n) is 4.07. The first-order chi connectivity index (χ1) is 9.24. The molecule has 0 saturated heterocycles. The monoisotopic (exact) mass is 274 g/mol. The van der Waals surface area contributed by atoms with Crippen molar-refractivity contribution in [2.24, 2.45) is 0 Å². The van der Waals surface area contributed by atoms with Crippen molar-refractivity contribution in [1.29, 1.82) is 0 Å².